The van der Waals surface area contributed by atoms with Gasteiger partial charge in [-0.15, -0.1) is 0 Å². The van der Waals surface area contributed by atoms with Gasteiger partial charge in [0, 0.05) is 4.47 Å². The van der Waals surface area contributed by atoms with Gasteiger partial charge in [-0.1, -0.05) is 15.9 Å². The van der Waals surface area contributed by atoms with Crippen LogP contribution in [0, 0.1) is 0 Å². The van der Waals surface area contributed by atoms with Crippen LogP contribution in [0.5, 0.6) is 5.75 Å². The minimum Gasteiger partial charge on any atom is -0.496 e. The van der Waals surface area contributed by atoms with Gasteiger partial charge >= 0.3 is 5.97 Å². The molecule has 0 spiro atoms. The maximum absolute atomic E-state index is 11.5. The molecule has 1 aromatic rings. The van der Waals surface area contributed by atoms with Crippen LogP contribution in [0.25, 0.3) is 0 Å². The SMILES string of the molecule is COc1ccc(Br)cc1C(=O)OCCO. The number of aliphatic hydroxyl groups excluding tert-OH is 1. The quantitative estimate of drug-likeness (QED) is 0.848. The first-order chi connectivity index (χ1) is 7.19. The lowest BCUT2D eigenvalue weighted by Gasteiger charge is -2.08. The third-order valence-corrected chi connectivity index (χ3v) is 2.20. The molecular formula is C10H11BrO4. The molecule has 0 aliphatic heterocycles. The minimum absolute atomic E-state index is 0.0193. The number of halogens is 1. The Kier molecular flexibility index (Phi) is 4.58. The molecule has 1 aromatic carbocycles. The van der Waals surface area contributed by atoms with E-state index in [4.69, 9.17) is 14.6 Å². The first-order valence-electron chi connectivity index (χ1n) is 4.30. The van der Waals surface area contributed by atoms with Crippen LogP contribution >= 0.6 is 15.9 Å². The fourth-order valence-corrected chi connectivity index (χ4v) is 1.42. The zero-order valence-electron chi connectivity index (χ0n) is 8.20. The van der Waals surface area contributed by atoms with E-state index in [2.05, 4.69) is 15.9 Å². The first kappa shape index (κ1) is 12.0. The standard InChI is InChI=1S/C10H11BrO4/c1-14-9-3-2-7(11)6-8(9)10(13)15-5-4-12/h2-3,6,12H,4-5H2,1H3. The molecule has 0 aliphatic carbocycles. The Balaban J connectivity index is 2.90. The van der Waals surface area contributed by atoms with Gasteiger partial charge in [0.2, 0.25) is 0 Å². The van der Waals surface area contributed by atoms with E-state index in [0.29, 0.717) is 11.3 Å². The van der Waals surface area contributed by atoms with E-state index >= 15 is 0 Å². The lowest BCUT2D eigenvalue weighted by Crippen LogP contribution is -2.10. The summed E-state index contributed by atoms with van der Waals surface area (Å²) in [6.45, 7) is -0.212. The highest BCUT2D eigenvalue weighted by molar-refractivity contribution is 9.10. The summed E-state index contributed by atoms with van der Waals surface area (Å²) >= 11 is 3.25. The monoisotopic (exact) mass is 274 g/mol. The molecule has 0 aromatic heterocycles. The van der Waals surface area contributed by atoms with Gasteiger partial charge in [0.15, 0.2) is 0 Å². The molecule has 4 nitrogen and oxygen atoms in total. The van der Waals surface area contributed by atoms with Gasteiger partial charge < -0.3 is 14.6 Å². The predicted octanol–water partition coefficient (Wildman–Crippen LogP) is 1.61. The van der Waals surface area contributed by atoms with Crippen molar-refractivity contribution in [2.75, 3.05) is 20.3 Å². The van der Waals surface area contributed by atoms with Crippen molar-refractivity contribution in [3.8, 4) is 5.75 Å². The Bertz CT molecular complexity index is 351. The third kappa shape index (κ3) is 3.21. The fourth-order valence-electron chi connectivity index (χ4n) is 1.06. The van der Waals surface area contributed by atoms with Crippen LogP contribution in [0.15, 0.2) is 22.7 Å². The Hall–Kier alpha value is -1.07. The Labute approximate surface area is 95.9 Å². The number of hydrogen-bond acceptors (Lipinski definition) is 4. The summed E-state index contributed by atoms with van der Waals surface area (Å²) < 4.78 is 10.6. The van der Waals surface area contributed by atoms with Crippen molar-refractivity contribution in [1.82, 2.24) is 0 Å². The Morgan fingerprint density at radius 2 is 2.27 bits per heavy atom. The van der Waals surface area contributed by atoms with Crippen molar-refractivity contribution in [3.63, 3.8) is 0 Å². The molecule has 0 fully saturated rings. The molecular weight excluding hydrogens is 264 g/mol. The fraction of sp³-hybridized carbons (Fsp3) is 0.300. The van der Waals surface area contributed by atoms with Gasteiger partial charge in [-0.05, 0) is 18.2 Å². The largest absolute Gasteiger partial charge is 0.496 e. The van der Waals surface area contributed by atoms with E-state index in [0.717, 1.165) is 4.47 Å². The van der Waals surface area contributed by atoms with Crippen molar-refractivity contribution in [1.29, 1.82) is 0 Å². The number of rotatable bonds is 4. The normalized spacial score (nSPS) is 9.80. The first-order valence-corrected chi connectivity index (χ1v) is 5.10. The van der Waals surface area contributed by atoms with Gasteiger partial charge in [-0.3, -0.25) is 0 Å². The molecule has 15 heavy (non-hydrogen) atoms. The molecule has 5 heteroatoms. The zero-order valence-corrected chi connectivity index (χ0v) is 9.78. The van der Waals surface area contributed by atoms with Crippen molar-refractivity contribution in [2.45, 2.75) is 0 Å². The van der Waals surface area contributed by atoms with E-state index < -0.39 is 5.97 Å². The van der Waals surface area contributed by atoms with Crippen LogP contribution in [0.3, 0.4) is 0 Å². The maximum Gasteiger partial charge on any atom is 0.342 e. The molecule has 0 saturated carbocycles. The summed E-state index contributed by atoms with van der Waals surface area (Å²) in [4.78, 5) is 11.5. The van der Waals surface area contributed by atoms with Crippen LogP contribution in [-0.2, 0) is 4.74 Å². The molecule has 0 aliphatic rings. The molecule has 1 N–H and O–H groups in total. The minimum atomic E-state index is -0.512. The molecule has 0 radical (unpaired) electrons. The summed E-state index contributed by atoms with van der Waals surface area (Å²) in [6, 6.07) is 5.04. The number of carbonyl (C=O) groups is 1. The highest BCUT2D eigenvalue weighted by Crippen LogP contribution is 2.23. The van der Waals surface area contributed by atoms with E-state index in [-0.39, 0.29) is 13.2 Å². The number of benzene rings is 1. The molecule has 0 atom stereocenters. The van der Waals surface area contributed by atoms with Crippen LogP contribution in [0.1, 0.15) is 10.4 Å². The second-order valence-corrected chi connectivity index (χ2v) is 3.62. The summed E-state index contributed by atoms with van der Waals surface area (Å²) in [6.07, 6.45) is 0. The average Bonchev–Trinajstić information content (AvgIpc) is 2.25. The van der Waals surface area contributed by atoms with Gasteiger partial charge in [0.25, 0.3) is 0 Å². The average molecular weight is 275 g/mol. The van der Waals surface area contributed by atoms with Gasteiger partial charge in [0.05, 0.1) is 13.7 Å². The summed E-state index contributed by atoms with van der Waals surface area (Å²) in [5, 5.41) is 8.53. The molecule has 0 bridgehead atoms. The van der Waals surface area contributed by atoms with E-state index in [1.165, 1.54) is 7.11 Å². The maximum atomic E-state index is 11.5. The van der Waals surface area contributed by atoms with Crippen LogP contribution in [0.4, 0.5) is 0 Å². The lowest BCUT2D eigenvalue weighted by atomic mass is 10.2. The molecule has 0 heterocycles. The topological polar surface area (TPSA) is 55.8 Å². The highest BCUT2D eigenvalue weighted by Gasteiger charge is 2.13. The third-order valence-electron chi connectivity index (χ3n) is 1.71. The highest BCUT2D eigenvalue weighted by atomic mass is 79.9. The van der Waals surface area contributed by atoms with Gasteiger partial charge in [-0.25, -0.2) is 4.79 Å². The number of esters is 1. The van der Waals surface area contributed by atoms with E-state index in [1.54, 1.807) is 18.2 Å². The molecule has 82 valence electrons. The summed E-state index contributed by atoms with van der Waals surface area (Å²) in [7, 11) is 1.48. The molecule has 0 amide bonds. The second kappa shape index (κ2) is 5.72. The molecule has 0 unspecified atom stereocenters. The number of ether oxygens (including phenoxy) is 2. The zero-order chi connectivity index (χ0) is 11.3. The smallest absolute Gasteiger partial charge is 0.342 e. The van der Waals surface area contributed by atoms with Crippen LogP contribution < -0.4 is 4.74 Å². The van der Waals surface area contributed by atoms with Gasteiger partial charge in [0.1, 0.15) is 17.9 Å². The molecule has 0 saturated heterocycles. The Morgan fingerprint density at radius 1 is 1.53 bits per heavy atom. The lowest BCUT2D eigenvalue weighted by molar-refractivity contribution is 0.0430. The number of methoxy groups -OCH3 is 1. The molecule has 1 rings (SSSR count). The Morgan fingerprint density at radius 3 is 2.87 bits per heavy atom. The summed E-state index contributed by atoms with van der Waals surface area (Å²) in [5.41, 5.74) is 0.334. The van der Waals surface area contributed by atoms with Crippen molar-refractivity contribution < 1.29 is 19.4 Å². The predicted molar refractivity (Wildman–Crippen MR) is 58.1 cm³/mol. The number of aliphatic hydroxyl groups is 1. The van der Waals surface area contributed by atoms with E-state index in [9.17, 15) is 4.79 Å². The number of carbonyl (C=O) groups excluding carboxylic acids is 1. The van der Waals surface area contributed by atoms with Crippen molar-refractivity contribution >= 4 is 21.9 Å². The number of hydrogen-bond donors (Lipinski definition) is 1. The van der Waals surface area contributed by atoms with Crippen molar-refractivity contribution in [3.05, 3.63) is 28.2 Å². The second-order valence-electron chi connectivity index (χ2n) is 2.70. The van der Waals surface area contributed by atoms with Gasteiger partial charge in [-0.2, -0.15) is 0 Å². The van der Waals surface area contributed by atoms with Crippen LogP contribution in [-0.4, -0.2) is 31.4 Å². The van der Waals surface area contributed by atoms with Crippen LogP contribution in [0.2, 0.25) is 0 Å². The van der Waals surface area contributed by atoms with E-state index in [1.807, 2.05) is 0 Å². The van der Waals surface area contributed by atoms with Crippen molar-refractivity contribution in [2.24, 2.45) is 0 Å². The summed E-state index contributed by atoms with van der Waals surface area (Å²) in [5.74, 6) is -0.0664.